The topological polar surface area (TPSA) is 52.7 Å². The Bertz CT molecular complexity index is 440. The Morgan fingerprint density at radius 1 is 1.00 bits per heavy atom. The van der Waals surface area contributed by atoms with Crippen LogP contribution in [0.5, 0.6) is 0 Å². The predicted molar refractivity (Wildman–Crippen MR) is 73.7 cm³/mol. The smallest absolute Gasteiger partial charge is 0.233 e. The second-order valence-electron chi connectivity index (χ2n) is 6.42. The van der Waals surface area contributed by atoms with Crippen molar-refractivity contribution in [2.75, 3.05) is 39.3 Å². The molecule has 0 aromatic carbocycles. The first-order valence-electron chi connectivity index (χ1n) is 7.72. The van der Waals surface area contributed by atoms with Gasteiger partial charge in [0.25, 0.3) is 0 Å². The molecular weight excluding hydrogens is 254 g/mol. The van der Waals surface area contributed by atoms with E-state index in [9.17, 15) is 9.59 Å². The van der Waals surface area contributed by atoms with Crippen molar-refractivity contribution in [2.24, 2.45) is 23.7 Å². The number of nitrogens with one attached hydrogen (secondary N) is 1. The first-order chi connectivity index (χ1) is 9.75. The summed E-state index contributed by atoms with van der Waals surface area (Å²) in [6, 6.07) is 0. The SMILES string of the molecule is O=C1[C@@H]2[C@H](C(=O)N1CCN1CCNCC1)[C@H]1C=C[C@H]2C1. The number of rotatable bonds is 3. The van der Waals surface area contributed by atoms with E-state index >= 15 is 0 Å². The van der Waals surface area contributed by atoms with Crippen molar-refractivity contribution < 1.29 is 9.59 Å². The summed E-state index contributed by atoms with van der Waals surface area (Å²) in [5.74, 6) is 0.747. The molecule has 2 bridgehead atoms. The van der Waals surface area contributed by atoms with E-state index < -0.39 is 0 Å². The highest BCUT2D eigenvalue weighted by atomic mass is 16.2. The lowest BCUT2D eigenvalue weighted by molar-refractivity contribution is -0.140. The van der Waals surface area contributed by atoms with E-state index in [1.165, 1.54) is 0 Å². The number of hydrogen-bond acceptors (Lipinski definition) is 4. The molecule has 1 saturated carbocycles. The summed E-state index contributed by atoms with van der Waals surface area (Å²) in [5.41, 5.74) is 0. The van der Waals surface area contributed by atoms with Gasteiger partial charge in [-0.1, -0.05) is 12.2 Å². The molecule has 108 valence electrons. The molecule has 2 aliphatic carbocycles. The molecule has 3 fully saturated rings. The summed E-state index contributed by atoms with van der Waals surface area (Å²) < 4.78 is 0. The second-order valence-corrected chi connectivity index (χ2v) is 6.42. The normalized spacial score (nSPS) is 39.9. The minimum Gasteiger partial charge on any atom is -0.314 e. The standard InChI is InChI=1S/C15H21N3O2/c19-14-12-10-1-2-11(9-10)13(12)15(20)18(14)8-7-17-5-3-16-4-6-17/h1-2,10-13,16H,3-9H2/t10-,11-,12-,13+/m0/s1. The quantitative estimate of drug-likeness (QED) is 0.567. The van der Waals surface area contributed by atoms with E-state index in [2.05, 4.69) is 22.4 Å². The summed E-state index contributed by atoms with van der Waals surface area (Å²) in [5, 5.41) is 3.32. The lowest BCUT2D eigenvalue weighted by atomic mass is 9.85. The Morgan fingerprint density at radius 2 is 1.60 bits per heavy atom. The summed E-state index contributed by atoms with van der Waals surface area (Å²) in [6.45, 7) is 5.42. The number of amides is 2. The van der Waals surface area contributed by atoms with Crippen molar-refractivity contribution >= 4 is 11.8 Å². The first-order valence-corrected chi connectivity index (χ1v) is 7.72. The highest BCUT2D eigenvalue weighted by molar-refractivity contribution is 6.06. The molecule has 4 atom stereocenters. The highest BCUT2D eigenvalue weighted by Gasteiger charge is 2.58. The maximum absolute atomic E-state index is 12.5. The van der Waals surface area contributed by atoms with Gasteiger partial charge in [-0.15, -0.1) is 0 Å². The number of allylic oxidation sites excluding steroid dienone is 2. The molecule has 0 unspecified atom stereocenters. The number of likely N-dealkylation sites (tertiary alicyclic amines) is 1. The van der Waals surface area contributed by atoms with Crippen LogP contribution in [0.3, 0.4) is 0 Å². The number of hydrogen-bond donors (Lipinski definition) is 1. The van der Waals surface area contributed by atoms with Crippen molar-refractivity contribution in [2.45, 2.75) is 6.42 Å². The van der Waals surface area contributed by atoms with Crippen molar-refractivity contribution in [1.82, 2.24) is 15.1 Å². The monoisotopic (exact) mass is 275 g/mol. The van der Waals surface area contributed by atoms with E-state index in [4.69, 9.17) is 0 Å². The van der Waals surface area contributed by atoms with Crippen LogP contribution in [0.1, 0.15) is 6.42 Å². The molecule has 0 aromatic rings. The molecule has 4 rings (SSSR count). The van der Waals surface area contributed by atoms with E-state index in [-0.39, 0.29) is 23.7 Å². The number of carbonyl (C=O) groups is 2. The fraction of sp³-hybridized carbons (Fsp3) is 0.733. The molecule has 0 spiro atoms. The minimum atomic E-state index is -0.0412. The van der Waals surface area contributed by atoms with Gasteiger partial charge in [0.2, 0.25) is 11.8 Å². The van der Waals surface area contributed by atoms with Crippen molar-refractivity contribution in [3.8, 4) is 0 Å². The number of piperazine rings is 1. The third-order valence-electron chi connectivity index (χ3n) is 5.41. The highest BCUT2D eigenvalue weighted by Crippen LogP contribution is 2.52. The first kappa shape index (κ1) is 12.5. The second kappa shape index (κ2) is 4.67. The van der Waals surface area contributed by atoms with Gasteiger partial charge >= 0.3 is 0 Å². The Labute approximate surface area is 119 Å². The number of fused-ring (bicyclic) bond motifs is 5. The third-order valence-corrected chi connectivity index (χ3v) is 5.41. The zero-order valence-electron chi connectivity index (χ0n) is 11.6. The van der Waals surface area contributed by atoms with Gasteiger partial charge in [0.15, 0.2) is 0 Å². The van der Waals surface area contributed by atoms with Gasteiger partial charge in [-0.25, -0.2) is 0 Å². The average molecular weight is 275 g/mol. The zero-order chi connectivity index (χ0) is 13.7. The largest absolute Gasteiger partial charge is 0.314 e. The molecule has 2 heterocycles. The molecule has 0 radical (unpaired) electrons. The lowest BCUT2D eigenvalue weighted by Crippen LogP contribution is -2.47. The van der Waals surface area contributed by atoms with Crippen LogP contribution < -0.4 is 5.32 Å². The van der Waals surface area contributed by atoms with Gasteiger partial charge < -0.3 is 5.32 Å². The molecule has 20 heavy (non-hydrogen) atoms. The Balaban J connectivity index is 1.42. The van der Waals surface area contributed by atoms with Gasteiger partial charge in [-0.3, -0.25) is 19.4 Å². The maximum Gasteiger partial charge on any atom is 0.233 e. The van der Waals surface area contributed by atoms with Gasteiger partial charge in [0.05, 0.1) is 11.8 Å². The lowest BCUT2D eigenvalue weighted by Gasteiger charge is -2.28. The fourth-order valence-corrected chi connectivity index (χ4v) is 4.36. The molecule has 5 heteroatoms. The van der Waals surface area contributed by atoms with Crippen LogP contribution in [0.15, 0.2) is 12.2 Å². The average Bonchev–Trinajstić information content (AvgIpc) is 3.13. The minimum absolute atomic E-state index is 0.0412. The molecule has 4 aliphatic rings. The van der Waals surface area contributed by atoms with E-state index in [1.807, 2.05) is 0 Å². The molecular formula is C15H21N3O2. The van der Waals surface area contributed by atoms with Crippen LogP contribution in [0.4, 0.5) is 0 Å². The van der Waals surface area contributed by atoms with Crippen molar-refractivity contribution in [3.05, 3.63) is 12.2 Å². The summed E-state index contributed by atoms with van der Waals surface area (Å²) in [6.07, 6.45) is 5.31. The molecule has 2 aliphatic heterocycles. The van der Waals surface area contributed by atoms with Gasteiger partial charge in [-0.2, -0.15) is 0 Å². The Morgan fingerprint density at radius 3 is 2.20 bits per heavy atom. The van der Waals surface area contributed by atoms with Gasteiger partial charge in [0, 0.05) is 39.3 Å². The summed E-state index contributed by atoms with van der Waals surface area (Å²) >= 11 is 0. The third kappa shape index (κ3) is 1.76. The van der Waals surface area contributed by atoms with E-state index in [1.54, 1.807) is 4.90 Å². The van der Waals surface area contributed by atoms with E-state index in [0.29, 0.717) is 18.4 Å². The molecule has 5 nitrogen and oxygen atoms in total. The van der Waals surface area contributed by atoms with Crippen LogP contribution in [0.2, 0.25) is 0 Å². The van der Waals surface area contributed by atoms with Crippen molar-refractivity contribution in [3.63, 3.8) is 0 Å². The number of nitrogens with zero attached hydrogens (tertiary/aromatic N) is 2. The van der Waals surface area contributed by atoms with Crippen LogP contribution in [-0.2, 0) is 9.59 Å². The van der Waals surface area contributed by atoms with Crippen LogP contribution in [-0.4, -0.2) is 60.9 Å². The summed E-state index contributed by atoms with van der Waals surface area (Å²) in [7, 11) is 0. The summed E-state index contributed by atoms with van der Waals surface area (Å²) in [4.78, 5) is 28.9. The van der Waals surface area contributed by atoms with Crippen LogP contribution >= 0.6 is 0 Å². The van der Waals surface area contributed by atoms with Crippen molar-refractivity contribution in [1.29, 1.82) is 0 Å². The maximum atomic E-state index is 12.5. The molecule has 2 amide bonds. The number of imide groups is 1. The fourth-order valence-electron chi connectivity index (χ4n) is 4.36. The Hall–Kier alpha value is -1.20. The van der Waals surface area contributed by atoms with Crippen LogP contribution in [0.25, 0.3) is 0 Å². The molecule has 0 aromatic heterocycles. The predicted octanol–water partition coefficient (Wildman–Crippen LogP) is -0.301. The number of carbonyl (C=O) groups excluding carboxylic acids is 2. The molecule has 1 N–H and O–H groups in total. The zero-order valence-corrected chi connectivity index (χ0v) is 11.6. The van der Waals surface area contributed by atoms with E-state index in [0.717, 1.165) is 39.1 Å². The van der Waals surface area contributed by atoms with Gasteiger partial charge in [0.1, 0.15) is 0 Å². The Kier molecular flexibility index (Phi) is 2.93. The van der Waals surface area contributed by atoms with Crippen LogP contribution in [0, 0.1) is 23.7 Å². The molecule has 2 saturated heterocycles. The van der Waals surface area contributed by atoms with Gasteiger partial charge in [-0.05, 0) is 18.3 Å².